The number of nitrogens with two attached hydrogens (primary N) is 1. The number of rotatable bonds is 2. The lowest BCUT2D eigenvalue weighted by atomic mass is 9.77. The van der Waals surface area contributed by atoms with Crippen molar-refractivity contribution in [3.8, 4) is 0 Å². The van der Waals surface area contributed by atoms with Crippen molar-refractivity contribution >= 4 is 23.2 Å². The molecule has 0 saturated heterocycles. The lowest BCUT2D eigenvalue weighted by molar-refractivity contribution is 0.248. The normalized spacial score (nSPS) is 26.8. The van der Waals surface area contributed by atoms with Gasteiger partial charge >= 0.3 is 0 Å². The zero-order chi connectivity index (χ0) is 12.4. The van der Waals surface area contributed by atoms with Crippen LogP contribution in [0, 0.1) is 11.8 Å². The standard InChI is InChI=1S/C14H19Cl2N/c1-9-3-2-4-10(7-9)14(17)12-6-5-11(15)8-13(12)16/h5-6,8-10,14H,2-4,7,17H2,1H3. The van der Waals surface area contributed by atoms with E-state index in [1.54, 1.807) is 6.07 Å². The summed E-state index contributed by atoms with van der Waals surface area (Å²) in [5, 5.41) is 1.37. The molecule has 3 atom stereocenters. The largest absolute Gasteiger partial charge is 0.324 e. The van der Waals surface area contributed by atoms with Crippen LogP contribution in [0.5, 0.6) is 0 Å². The first-order valence-electron chi connectivity index (χ1n) is 6.28. The minimum atomic E-state index is 0.0440. The Hall–Kier alpha value is -0.240. The molecule has 0 aliphatic heterocycles. The van der Waals surface area contributed by atoms with Gasteiger partial charge in [0.25, 0.3) is 0 Å². The van der Waals surface area contributed by atoms with Crippen molar-refractivity contribution in [3.05, 3.63) is 33.8 Å². The summed E-state index contributed by atoms with van der Waals surface area (Å²) in [5.74, 6) is 1.34. The maximum atomic E-state index is 6.36. The maximum Gasteiger partial charge on any atom is 0.0468 e. The van der Waals surface area contributed by atoms with E-state index in [2.05, 4.69) is 6.92 Å². The van der Waals surface area contributed by atoms with Crippen LogP contribution in [-0.4, -0.2) is 0 Å². The monoisotopic (exact) mass is 271 g/mol. The Balaban J connectivity index is 2.15. The molecule has 0 heterocycles. The number of hydrogen-bond donors (Lipinski definition) is 1. The van der Waals surface area contributed by atoms with Gasteiger partial charge in [-0.2, -0.15) is 0 Å². The maximum absolute atomic E-state index is 6.36. The average Bonchev–Trinajstić information content (AvgIpc) is 2.28. The predicted molar refractivity (Wildman–Crippen MR) is 74.5 cm³/mol. The fraction of sp³-hybridized carbons (Fsp3) is 0.571. The summed E-state index contributed by atoms with van der Waals surface area (Å²) in [5.41, 5.74) is 7.39. The number of halogens is 2. The van der Waals surface area contributed by atoms with Crippen LogP contribution < -0.4 is 5.73 Å². The van der Waals surface area contributed by atoms with Crippen LogP contribution in [0.3, 0.4) is 0 Å². The molecule has 0 bridgehead atoms. The Bertz CT molecular complexity index is 392. The van der Waals surface area contributed by atoms with Crippen LogP contribution in [-0.2, 0) is 0 Å². The van der Waals surface area contributed by atoms with Crippen molar-refractivity contribution < 1.29 is 0 Å². The van der Waals surface area contributed by atoms with Gasteiger partial charge in [-0.15, -0.1) is 0 Å². The molecule has 2 N–H and O–H groups in total. The fourth-order valence-electron chi connectivity index (χ4n) is 2.83. The van der Waals surface area contributed by atoms with Crippen molar-refractivity contribution in [2.45, 2.75) is 38.6 Å². The molecule has 17 heavy (non-hydrogen) atoms. The molecule has 2 rings (SSSR count). The third-order valence-electron chi connectivity index (χ3n) is 3.81. The van der Waals surface area contributed by atoms with Gasteiger partial charge in [-0.05, 0) is 42.4 Å². The highest BCUT2D eigenvalue weighted by atomic mass is 35.5. The summed E-state index contributed by atoms with van der Waals surface area (Å²) in [6.45, 7) is 2.31. The van der Waals surface area contributed by atoms with E-state index in [-0.39, 0.29) is 6.04 Å². The van der Waals surface area contributed by atoms with Crippen LogP contribution in [0.25, 0.3) is 0 Å². The Morgan fingerprint density at radius 2 is 2.06 bits per heavy atom. The van der Waals surface area contributed by atoms with E-state index in [0.717, 1.165) is 11.5 Å². The SMILES string of the molecule is CC1CCCC(C(N)c2ccc(Cl)cc2Cl)C1. The molecule has 3 unspecified atom stereocenters. The zero-order valence-electron chi connectivity index (χ0n) is 10.1. The van der Waals surface area contributed by atoms with E-state index in [1.807, 2.05) is 12.1 Å². The molecule has 1 fully saturated rings. The third kappa shape index (κ3) is 3.15. The van der Waals surface area contributed by atoms with Gasteiger partial charge in [0.05, 0.1) is 0 Å². The molecule has 1 saturated carbocycles. The molecule has 1 aromatic carbocycles. The highest BCUT2D eigenvalue weighted by Gasteiger charge is 2.26. The second kappa shape index (κ2) is 5.60. The molecule has 0 spiro atoms. The molecule has 1 aliphatic rings. The van der Waals surface area contributed by atoms with Gasteiger partial charge in [0.15, 0.2) is 0 Å². The first-order valence-corrected chi connectivity index (χ1v) is 7.04. The summed E-state index contributed by atoms with van der Waals surface area (Å²) in [7, 11) is 0. The summed E-state index contributed by atoms with van der Waals surface area (Å²) >= 11 is 12.1. The Kier molecular flexibility index (Phi) is 4.35. The zero-order valence-corrected chi connectivity index (χ0v) is 11.6. The van der Waals surface area contributed by atoms with Gasteiger partial charge in [-0.25, -0.2) is 0 Å². The van der Waals surface area contributed by atoms with Gasteiger partial charge < -0.3 is 5.73 Å². The molecule has 1 aromatic rings. The fourth-order valence-corrected chi connectivity index (χ4v) is 3.37. The van der Waals surface area contributed by atoms with Crippen molar-refractivity contribution in [1.82, 2.24) is 0 Å². The van der Waals surface area contributed by atoms with Gasteiger partial charge in [0.2, 0.25) is 0 Å². The van der Waals surface area contributed by atoms with Crippen LogP contribution in [0.2, 0.25) is 10.0 Å². The highest BCUT2D eigenvalue weighted by molar-refractivity contribution is 6.35. The van der Waals surface area contributed by atoms with E-state index in [9.17, 15) is 0 Å². The van der Waals surface area contributed by atoms with Crippen LogP contribution in [0.1, 0.15) is 44.2 Å². The first kappa shape index (κ1) is 13.2. The summed E-state index contributed by atoms with van der Waals surface area (Å²) < 4.78 is 0. The summed E-state index contributed by atoms with van der Waals surface area (Å²) in [6, 6.07) is 5.66. The second-order valence-corrected chi connectivity index (χ2v) is 6.07. The Labute approximate surface area is 113 Å². The van der Waals surface area contributed by atoms with Gasteiger partial charge in [-0.1, -0.05) is 49.0 Å². The van der Waals surface area contributed by atoms with Crippen molar-refractivity contribution in [2.75, 3.05) is 0 Å². The molecule has 0 aromatic heterocycles. The lowest BCUT2D eigenvalue weighted by Crippen LogP contribution is -2.26. The van der Waals surface area contributed by atoms with E-state index in [1.165, 1.54) is 25.7 Å². The van der Waals surface area contributed by atoms with E-state index >= 15 is 0 Å². The quantitative estimate of drug-likeness (QED) is 0.820. The topological polar surface area (TPSA) is 26.0 Å². The molecular formula is C14H19Cl2N. The lowest BCUT2D eigenvalue weighted by Gasteiger charge is -2.31. The van der Waals surface area contributed by atoms with E-state index in [0.29, 0.717) is 16.0 Å². The molecule has 1 nitrogen and oxygen atoms in total. The Morgan fingerprint density at radius 1 is 1.29 bits per heavy atom. The van der Waals surface area contributed by atoms with E-state index < -0.39 is 0 Å². The molecular weight excluding hydrogens is 253 g/mol. The summed E-state index contributed by atoms with van der Waals surface area (Å²) in [6.07, 6.45) is 5.03. The van der Waals surface area contributed by atoms with Gasteiger partial charge in [-0.3, -0.25) is 0 Å². The molecule has 0 amide bonds. The minimum Gasteiger partial charge on any atom is -0.324 e. The summed E-state index contributed by atoms with van der Waals surface area (Å²) in [4.78, 5) is 0. The molecule has 94 valence electrons. The van der Waals surface area contributed by atoms with Crippen molar-refractivity contribution in [3.63, 3.8) is 0 Å². The second-order valence-electron chi connectivity index (χ2n) is 5.22. The van der Waals surface area contributed by atoms with Crippen LogP contribution in [0.4, 0.5) is 0 Å². The Morgan fingerprint density at radius 3 is 2.71 bits per heavy atom. The van der Waals surface area contributed by atoms with Gasteiger partial charge in [0.1, 0.15) is 0 Å². The minimum absolute atomic E-state index is 0.0440. The van der Waals surface area contributed by atoms with Gasteiger partial charge in [0, 0.05) is 16.1 Å². The smallest absolute Gasteiger partial charge is 0.0468 e. The number of benzene rings is 1. The van der Waals surface area contributed by atoms with Crippen LogP contribution >= 0.6 is 23.2 Å². The first-order chi connectivity index (χ1) is 8.08. The molecule has 1 aliphatic carbocycles. The van der Waals surface area contributed by atoms with Crippen LogP contribution in [0.15, 0.2) is 18.2 Å². The third-order valence-corrected chi connectivity index (χ3v) is 4.37. The number of hydrogen-bond acceptors (Lipinski definition) is 1. The van der Waals surface area contributed by atoms with Crippen molar-refractivity contribution in [2.24, 2.45) is 17.6 Å². The highest BCUT2D eigenvalue weighted by Crippen LogP contribution is 2.38. The van der Waals surface area contributed by atoms with E-state index in [4.69, 9.17) is 28.9 Å². The molecule has 3 heteroatoms. The van der Waals surface area contributed by atoms with Crippen molar-refractivity contribution in [1.29, 1.82) is 0 Å². The molecule has 0 radical (unpaired) electrons. The predicted octanol–water partition coefficient (Wildman–Crippen LogP) is 4.82. The average molecular weight is 272 g/mol.